The topological polar surface area (TPSA) is 103 Å². The van der Waals surface area contributed by atoms with Crippen LogP contribution in [0.1, 0.15) is 37.3 Å². The first-order chi connectivity index (χ1) is 15.7. The molecule has 33 heavy (non-hydrogen) atoms. The SMILES string of the molecule is NC1CC(C(=O)NC23CC(NC(=O)COc4ccc(Cl)c(F)c4)(C2)C3)Oc2ccc(Cl)cc21. The molecule has 3 fully saturated rings. The Bertz CT molecular complexity index is 1120. The maximum atomic E-state index is 13.5. The summed E-state index contributed by atoms with van der Waals surface area (Å²) in [6.45, 7) is -0.237. The van der Waals surface area contributed by atoms with E-state index in [1.165, 1.54) is 12.1 Å². The van der Waals surface area contributed by atoms with E-state index in [1.54, 1.807) is 18.2 Å². The molecule has 4 aliphatic rings. The van der Waals surface area contributed by atoms with E-state index in [1.807, 2.05) is 0 Å². The third-order valence-electron chi connectivity index (χ3n) is 6.49. The summed E-state index contributed by atoms with van der Waals surface area (Å²) < 4.78 is 24.7. The van der Waals surface area contributed by atoms with Gasteiger partial charge in [0.05, 0.1) is 5.02 Å². The van der Waals surface area contributed by atoms with Crippen LogP contribution in [0.2, 0.25) is 10.0 Å². The van der Waals surface area contributed by atoms with Crippen LogP contribution in [0.15, 0.2) is 36.4 Å². The molecule has 2 aromatic carbocycles. The summed E-state index contributed by atoms with van der Waals surface area (Å²) in [5, 5.41) is 6.60. The summed E-state index contributed by atoms with van der Waals surface area (Å²) in [7, 11) is 0. The predicted molar refractivity (Wildman–Crippen MR) is 120 cm³/mol. The fourth-order valence-corrected chi connectivity index (χ4v) is 5.38. The molecule has 0 spiro atoms. The summed E-state index contributed by atoms with van der Waals surface area (Å²) in [5.74, 6) is -0.328. The van der Waals surface area contributed by atoms with Gasteiger partial charge in [-0.3, -0.25) is 9.59 Å². The van der Waals surface area contributed by atoms with E-state index in [-0.39, 0.29) is 46.3 Å². The highest BCUT2D eigenvalue weighted by Crippen LogP contribution is 2.60. The van der Waals surface area contributed by atoms with Crippen molar-refractivity contribution in [1.29, 1.82) is 0 Å². The zero-order chi connectivity index (χ0) is 23.4. The van der Waals surface area contributed by atoms with E-state index in [9.17, 15) is 14.0 Å². The lowest BCUT2D eigenvalue weighted by Gasteiger charge is -2.70. The predicted octanol–water partition coefficient (Wildman–Crippen LogP) is 3.27. The summed E-state index contributed by atoms with van der Waals surface area (Å²) in [6, 6.07) is 8.85. The van der Waals surface area contributed by atoms with Crippen molar-refractivity contribution in [2.75, 3.05) is 6.61 Å². The summed E-state index contributed by atoms with van der Waals surface area (Å²) in [5.41, 5.74) is 6.34. The van der Waals surface area contributed by atoms with Crippen molar-refractivity contribution in [2.24, 2.45) is 5.73 Å². The molecule has 0 aromatic heterocycles. The fraction of sp³-hybridized carbons (Fsp3) is 0.391. The average molecular weight is 494 g/mol. The lowest BCUT2D eigenvalue weighted by molar-refractivity contribution is -0.154. The smallest absolute Gasteiger partial charge is 0.261 e. The van der Waals surface area contributed by atoms with Crippen molar-refractivity contribution in [3.05, 3.63) is 57.8 Å². The van der Waals surface area contributed by atoms with Crippen LogP contribution in [-0.4, -0.2) is 35.6 Å². The van der Waals surface area contributed by atoms with Crippen LogP contribution in [0, 0.1) is 5.82 Å². The molecule has 7 nitrogen and oxygen atoms in total. The second kappa shape index (κ2) is 8.04. The Morgan fingerprint density at radius 3 is 2.58 bits per heavy atom. The molecule has 174 valence electrons. The molecule has 2 aromatic rings. The van der Waals surface area contributed by atoms with Crippen LogP contribution in [0.4, 0.5) is 4.39 Å². The number of halogens is 3. The van der Waals surface area contributed by atoms with Crippen LogP contribution in [0.3, 0.4) is 0 Å². The molecule has 3 saturated carbocycles. The number of benzene rings is 2. The highest BCUT2D eigenvalue weighted by atomic mass is 35.5. The lowest BCUT2D eigenvalue weighted by Crippen LogP contribution is -2.84. The van der Waals surface area contributed by atoms with Crippen molar-refractivity contribution >= 4 is 35.0 Å². The number of hydrogen-bond acceptors (Lipinski definition) is 5. The van der Waals surface area contributed by atoms with Crippen molar-refractivity contribution in [3.8, 4) is 11.5 Å². The molecule has 2 unspecified atom stereocenters. The average Bonchev–Trinajstić information content (AvgIpc) is 2.72. The first-order valence-electron chi connectivity index (χ1n) is 10.6. The Kier molecular flexibility index (Phi) is 5.42. The highest BCUT2D eigenvalue weighted by molar-refractivity contribution is 6.31. The Balaban J connectivity index is 1.10. The minimum absolute atomic E-state index is 0.0118. The Morgan fingerprint density at radius 2 is 1.85 bits per heavy atom. The maximum Gasteiger partial charge on any atom is 0.261 e. The van der Waals surface area contributed by atoms with Crippen LogP contribution < -0.4 is 25.8 Å². The number of nitrogens with one attached hydrogen (secondary N) is 2. The summed E-state index contributed by atoms with van der Waals surface area (Å²) >= 11 is 11.7. The van der Waals surface area contributed by atoms with Gasteiger partial charge in [0.1, 0.15) is 17.3 Å². The largest absolute Gasteiger partial charge is 0.484 e. The third-order valence-corrected chi connectivity index (χ3v) is 7.03. The molecule has 0 saturated heterocycles. The van der Waals surface area contributed by atoms with Crippen molar-refractivity contribution in [1.82, 2.24) is 10.6 Å². The van der Waals surface area contributed by atoms with Gasteiger partial charge in [0.15, 0.2) is 12.7 Å². The lowest BCUT2D eigenvalue weighted by atomic mass is 9.44. The van der Waals surface area contributed by atoms with Crippen LogP contribution in [0.5, 0.6) is 11.5 Å². The molecule has 6 rings (SSSR count). The standard InChI is InChI=1S/C23H22Cl2FN3O4/c24-12-1-4-18-14(5-12)17(27)7-19(33-18)21(31)29-23-9-22(10-23,11-23)28-20(30)8-32-13-2-3-15(25)16(26)6-13/h1-6,17,19H,7-11,27H2,(H,28,30)(H,29,31). The first kappa shape index (κ1) is 22.3. The van der Waals surface area contributed by atoms with Crippen molar-refractivity contribution in [2.45, 2.75) is 48.9 Å². The zero-order valence-electron chi connectivity index (χ0n) is 17.5. The summed E-state index contributed by atoms with van der Waals surface area (Å²) in [6.07, 6.45) is 1.59. The number of carbonyl (C=O) groups is 2. The molecular weight excluding hydrogens is 472 g/mol. The number of amides is 2. The minimum atomic E-state index is -0.679. The molecule has 1 heterocycles. The van der Waals surface area contributed by atoms with Gasteiger partial charge in [-0.15, -0.1) is 0 Å². The van der Waals surface area contributed by atoms with E-state index >= 15 is 0 Å². The van der Waals surface area contributed by atoms with E-state index in [2.05, 4.69) is 10.6 Å². The Hall–Kier alpha value is -2.55. The number of fused-ring (bicyclic) bond motifs is 1. The number of carbonyl (C=O) groups excluding carboxylic acids is 2. The number of nitrogens with two attached hydrogens (primary N) is 1. The van der Waals surface area contributed by atoms with Crippen molar-refractivity contribution in [3.63, 3.8) is 0 Å². The van der Waals surface area contributed by atoms with E-state index in [0.717, 1.165) is 11.6 Å². The Labute approximate surface area is 199 Å². The molecule has 2 bridgehead atoms. The second-order valence-electron chi connectivity index (χ2n) is 9.12. The molecule has 3 aliphatic carbocycles. The normalized spacial score (nSPS) is 29.0. The number of rotatable bonds is 6. The van der Waals surface area contributed by atoms with Crippen LogP contribution >= 0.6 is 23.2 Å². The van der Waals surface area contributed by atoms with Gasteiger partial charge in [0.2, 0.25) is 0 Å². The molecule has 1 aliphatic heterocycles. The van der Waals surface area contributed by atoms with Gasteiger partial charge in [-0.1, -0.05) is 23.2 Å². The third kappa shape index (κ3) is 4.23. The van der Waals surface area contributed by atoms with Gasteiger partial charge in [0, 0.05) is 40.2 Å². The van der Waals surface area contributed by atoms with Gasteiger partial charge in [-0.2, -0.15) is 0 Å². The monoisotopic (exact) mass is 493 g/mol. The minimum Gasteiger partial charge on any atom is -0.484 e. The number of hydrogen-bond donors (Lipinski definition) is 3. The quantitative estimate of drug-likeness (QED) is 0.572. The van der Waals surface area contributed by atoms with Gasteiger partial charge in [-0.25, -0.2) is 4.39 Å². The van der Waals surface area contributed by atoms with Gasteiger partial charge in [0.25, 0.3) is 11.8 Å². The molecule has 10 heteroatoms. The van der Waals surface area contributed by atoms with Crippen molar-refractivity contribution < 1.29 is 23.5 Å². The van der Waals surface area contributed by atoms with Crippen LogP contribution in [-0.2, 0) is 9.59 Å². The fourth-order valence-electron chi connectivity index (χ4n) is 5.08. The molecule has 4 N–H and O–H groups in total. The first-order valence-corrected chi connectivity index (χ1v) is 11.3. The van der Waals surface area contributed by atoms with E-state index in [0.29, 0.717) is 36.5 Å². The summed E-state index contributed by atoms with van der Waals surface area (Å²) in [4.78, 5) is 25.1. The second-order valence-corrected chi connectivity index (χ2v) is 9.97. The number of ether oxygens (including phenoxy) is 2. The van der Waals surface area contributed by atoms with Gasteiger partial charge < -0.3 is 25.8 Å². The molecule has 2 amide bonds. The van der Waals surface area contributed by atoms with Gasteiger partial charge in [-0.05, 0) is 49.6 Å². The van der Waals surface area contributed by atoms with E-state index < -0.39 is 11.9 Å². The zero-order valence-corrected chi connectivity index (χ0v) is 19.0. The molecule has 0 radical (unpaired) electrons. The molecule has 2 atom stereocenters. The maximum absolute atomic E-state index is 13.5. The Morgan fingerprint density at radius 1 is 1.12 bits per heavy atom. The highest BCUT2D eigenvalue weighted by Gasteiger charge is 2.69. The van der Waals surface area contributed by atoms with Gasteiger partial charge >= 0.3 is 0 Å². The molecular formula is C23H22Cl2FN3O4. The van der Waals surface area contributed by atoms with E-state index in [4.69, 9.17) is 38.4 Å². The van der Waals surface area contributed by atoms with Crippen LogP contribution in [0.25, 0.3) is 0 Å².